The number of H-pyrrole nitrogens is 1. The first-order valence-corrected chi connectivity index (χ1v) is 8.87. The fraction of sp³-hybridized carbons (Fsp3) is 0.421. The van der Waals surface area contributed by atoms with Crippen molar-refractivity contribution < 1.29 is 4.79 Å². The van der Waals surface area contributed by atoms with Gasteiger partial charge in [0.05, 0.1) is 18.8 Å². The van der Waals surface area contributed by atoms with Crippen LogP contribution < -0.4 is 10.5 Å². The predicted molar refractivity (Wildman–Crippen MR) is 98.9 cm³/mol. The predicted octanol–water partition coefficient (Wildman–Crippen LogP) is 0.736. The smallest absolute Gasteiger partial charge is 0.255 e. The van der Waals surface area contributed by atoms with Crippen LogP contribution in [0.5, 0.6) is 0 Å². The van der Waals surface area contributed by atoms with Crippen molar-refractivity contribution in [2.75, 3.05) is 32.1 Å². The van der Waals surface area contributed by atoms with Crippen LogP contribution in [0.25, 0.3) is 0 Å². The lowest BCUT2D eigenvalue weighted by Crippen LogP contribution is -2.43. The Bertz CT molecular complexity index is 880. The number of aromatic nitrogens is 2. The minimum absolute atomic E-state index is 0.0944. The Kier molecular flexibility index (Phi) is 4.24. The zero-order chi connectivity index (χ0) is 18.3. The van der Waals surface area contributed by atoms with E-state index in [9.17, 15) is 9.59 Å². The molecule has 0 saturated carbocycles. The minimum atomic E-state index is -0.0965. The fourth-order valence-corrected chi connectivity index (χ4v) is 3.66. The first-order valence-electron chi connectivity index (χ1n) is 8.87. The molecule has 0 aliphatic carbocycles. The number of amides is 1. The molecule has 0 radical (unpaired) electrons. The zero-order valence-electron chi connectivity index (χ0n) is 15.2. The van der Waals surface area contributed by atoms with Crippen LogP contribution in [0.4, 0.5) is 5.95 Å². The molecule has 0 bridgehead atoms. The van der Waals surface area contributed by atoms with Crippen LogP contribution in [-0.2, 0) is 30.8 Å². The van der Waals surface area contributed by atoms with Gasteiger partial charge in [0.2, 0.25) is 11.9 Å². The average Bonchev–Trinajstić information content (AvgIpc) is 3.03. The van der Waals surface area contributed by atoms with Gasteiger partial charge in [0.25, 0.3) is 5.56 Å². The summed E-state index contributed by atoms with van der Waals surface area (Å²) < 4.78 is 0. The van der Waals surface area contributed by atoms with Crippen LogP contribution in [-0.4, -0.2) is 52.9 Å². The van der Waals surface area contributed by atoms with Crippen molar-refractivity contribution in [3.05, 3.63) is 57.0 Å². The van der Waals surface area contributed by atoms with E-state index in [0.717, 1.165) is 13.1 Å². The summed E-state index contributed by atoms with van der Waals surface area (Å²) in [5.74, 6) is 0.620. The van der Waals surface area contributed by atoms with Gasteiger partial charge in [-0.3, -0.25) is 19.5 Å². The first kappa shape index (κ1) is 16.8. The second-order valence-electron chi connectivity index (χ2n) is 7.19. The molecule has 1 aromatic carbocycles. The lowest BCUT2D eigenvalue weighted by Gasteiger charge is -2.29. The monoisotopic (exact) mass is 353 g/mol. The Morgan fingerprint density at radius 2 is 1.88 bits per heavy atom. The standard InChI is InChI=1S/C19H23N5O2/c1-22(2)19-20-16-11-24(8-7-15(16)18(26)21-19)17(25)12-23-9-13-5-3-4-6-14(13)10-23/h3-6H,7-12H2,1-2H3,(H,20,21,26). The molecule has 7 heteroatoms. The van der Waals surface area contributed by atoms with Gasteiger partial charge in [0.15, 0.2) is 0 Å². The van der Waals surface area contributed by atoms with Crippen molar-refractivity contribution in [2.45, 2.75) is 26.1 Å². The number of hydrogen-bond donors (Lipinski definition) is 1. The molecule has 0 spiro atoms. The molecule has 0 atom stereocenters. The van der Waals surface area contributed by atoms with Gasteiger partial charge in [-0.05, 0) is 17.5 Å². The number of carbonyl (C=O) groups excluding carboxylic acids is 1. The third-order valence-electron chi connectivity index (χ3n) is 5.10. The molecule has 26 heavy (non-hydrogen) atoms. The summed E-state index contributed by atoms with van der Waals surface area (Å²) in [5.41, 5.74) is 3.91. The van der Waals surface area contributed by atoms with E-state index >= 15 is 0 Å². The van der Waals surface area contributed by atoms with E-state index in [2.05, 4.69) is 27.0 Å². The molecule has 136 valence electrons. The second-order valence-corrected chi connectivity index (χ2v) is 7.19. The van der Waals surface area contributed by atoms with E-state index in [1.807, 2.05) is 31.1 Å². The lowest BCUT2D eigenvalue weighted by molar-refractivity contribution is -0.133. The van der Waals surface area contributed by atoms with E-state index in [-0.39, 0.29) is 11.5 Å². The Morgan fingerprint density at radius 1 is 1.19 bits per heavy atom. The third kappa shape index (κ3) is 3.10. The summed E-state index contributed by atoms with van der Waals surface area (Å²) in [6.45, 7) is 3.00. The van der Waals surface area contributed by atoms with Gasteiger partial charge in [-0.25, -0.2) is 4.98 Å². The molecule has 4 rings (SSSR count). The van der Waals surface area contributed by atoms with Crippen LogP contribution in [0.15, 0.2) is 29.1 Å². The highest BCUT2D eigenvalue weighted by atomic mass is 16.2. The Morgan fingerprint density at radius 3 is 2.54 bits per heavy atom. The van der Waals surface area contributed by atoms with E-state index < -0.39 is 0 Å². The maximum absolute atomic E-state index is 12.8. The van der Waals surface area contributed by atoms with Crippen molar-refractivity contribution in [3.63, 3.8) is 0 Å². The molecule has 0 saturated heterocycles. The van der Waals surface area contributed by atoms with Crippen molar-refractivity contribution in [1.29, 1.82) is 0 Å². The number of rotatable bonds is 3. The summed E-state index contributed by atoms with van der Waals surface area (Å²) in [4.78, 5) is 38.1. The molecule has 7 nitrogen and oxygen atoms in total. The number of anilines is 1. The van der Waals surface area contributed by atoms with Crippen LogP contribution in [0.1, 0.15) is 22.4 Å². The van der Waals surface area contributed by atoms with Crippen LogP contribution in [0.2, 0.25) is 0 Å². The van der Waals surface area contributed by atoms with Crippen molar-refractivity contribution in [3.8, 4) is 0 Å². The summed E-state index contributed by atoms with van der Waals surface area (Å²) in [5, 5.41) is 0. The molecule has 2 aliphatic rings. The minimum Gasteiger partial charge on any atom is -0.348 e. The Balaban J connectivity index is 1.45. The van der Waals surface area contributed by atoms with Crippen molar-refractivity contribution in [2.24, 2.45) is 0 Å². The van der Waals surface area contributed by atoms with Gasteiger partial charge in [-0.2, -0.15) is 0 Å². The van der Waals surface area contributed by atoms with E-state index in [1.54, 1.807) is 4.90 Å². The topological polar surface area (TPSA) is 72.5 Å². The van der Waals surface area contributed by atoms with Crippen LogP contribution in [0, 0.1) is 0 Å². The average molecular weight is 353 g/mol. The molecular weight excluding hydrogens is 330 g/mol. The summed E-state index contributed by atoms with van der Waals surface area (Å²) in [7, 11) is 3.67. The first-order chi connectivity index (χ1) is 12.5. The number of aromatic amines is 1. The molecule has 1 N–H and O–H groups in total. The number of carbonyl (C=O) groups is 1. The zero-order valence-corrected chi connectivity index (χ0v) is 15.2. The Hall–Kier alpha value is -2.67. The number of benzene rings is 1. The van der Waals surface area contributed by atoms with Gasteiger partial charge in [-0.1, -0.05) is 24.3 Å². The normalized spacial score (nSPS) is 16.3. The molecule has 1 amide bonds. The molecule has 2 aromatic rings. The van der Waals surface area contributed by atoms with Gasteiger partial charge >= 0.3 is 0 Å². The number of fused-ring (bicyclic) bond motifs is 2. The fourth-order valence-electron chi connectivity index (χ4n) is 3.66. The van der Waals surface area contributed by atoms with E-state index in [1.165, 1.54) is 11.1 Å². The highest BCUT2D eigenvalue weighted by Crippen LogP contribution is 2.22. The van der Waals surface area contributed by atoms with Crippen molar-refractivity contribution >= 4 is 11.9 Å². The molecule has 3 heterocycles. The van der Waals surface area contributed by atoms with E-state index in [4.69, 9.17) is 0 Å². The largest absolute Gasteiger partial charge is 0.348 e. The molecular formula is C19H23N5O2. The summed E-state index contributed by atoms with van der Waals surface area (Å²) in [6.07, 6.45) is 0.553. The lowest BCUT2D eigenvalue weighted by atomic mass is 10.1. The van der Waals surface area contributed by atoms with Crippen molar-refractivity contribution in [1.82, 2.24) is 19.8 Å². The highest BCUT2D eigenvalue weighted by molar-refractivity contribution is 5.78. The van der Waals surface area contributed by atoms with Gasteiger partial charge < -0.3 is 9.80 Å². The van der Waals surface area contributed by atoms with Crippen LogP contribution in [0.3, 0.4) is 0 Å². The summed E-state index contributed by atoms with van der Waals surface area (Å²) >= 11 is 0. The van der Waals surface area contributed by atoms with Crippen LogP contribution >= 0.6 is 0 Å². The third-order valence-corrected chi connectivity index (χ3v) is 5.10. The summed E-state index contributed by atoms with van der Waals surface area (Å²) in [6, 6.07) is 8.32. The molecule has 0 unspecified atom stereocenters. The maximum Gasteiger partial charge on any atom is 0.255 e. The van der Waals surface area contributed by atoms with Gasteiger partial charge in [0.1, 0.15) is 0 Å². The quantitative estimate of drug-likeness (QED) is 0.881. The number of hydrogen-bond acceptors (Lipinski definition) is 5. The van der Waals surface area contributed by atoms with Gasteiger partial charge in [0, 0.05) is 39.3 Å². The number of nitrogens with zero attached hydrogens (tertiary/aromatic N) is 4. The second kappa shape index (κ2) is 6.57. The Labute approximate surface area is 152 Å². The molecule has 1 aromatic heterocycles. The molecule has 0 fully saturated rings. The van der Waals surface area contributed by atoms with E-state index in [0.29, 0.717) is 43.3 Å². The highest BCUT2D eigenvalue weighted by Gasteiger charge is 2.27. The van der Waals surface area contributed by atoms with Gasteiger partial charge in [-0.15, -0.1) is 0 Å². The maximum atomic E-state index is 12.8. The number of nitrogens with one attached hydrogen (secondary N) is 1. The molecule has 2 aliphatic heterocycles. The SMILES string of the molecule is CN(C)c1nc2c(c(=O)[nH]1)CCN(C(=O)CN1Cc3ccccc3C1)C2.